The highest BCUT2D eigenvalue weighted by Crippen LogP contribution is 2.31. The van der Waals surface area contributed by atoms with E-state index in [1.807, 2.05) is 37.3 Å². The fraction of sp³-hybridized carbons (Fsp3) is 0.185. The summed E-state index contributed by atoms with van der Waals surface area (Å²) < 4.78 is 19.9. The first-order valence-electron chi connectivity index (χ1n) is 11.5. The fourth-order valence-electron chi connectivity index (χ4n) is 3.71. The highest BCUT2D eigenvalue weighted by molar-refractivity contribution is 8.00. The number of amides is 1. The van der Waals surface area contributed by atoms with Crippen LogP contribution in [0.15, 0.2) is 65.7 Å². The van der Waals surface area contributed by atoms with Gasteiger partial charge in [-0.05, 0) is 73.5 Å². The van der Waals surface area contributed by atoms with Gasteiger partial charge in [0.05, 0.1) is 28.1 Å². The molecule has 0 aliphatic carbocycles. The van der Waals surface area contributed by atoms with Crippen LogP contribution in [0.5, 0.6) is 5.75 Å². The molecule has 1 N–H and O–H groups in total. The highest BCUT2D eigenvalue weighted by atomic mass is 32.2. The molecule has 0 saturated carbocycles. The number of rotatable bonds is 8. The summed E-state index contributed by atoms with van der Waals surface area (Å²) in [6, 6.07) is 17.8. The molecule has 0 unspecified atom stereocenters. The molecule has 5 aromatic rings. The molecule has 9 heteroatoms. The minimum atomic E-state index is -0.317. The first kappa shape index (κ1) is 24.1. The van der Waals surface area contributed by atoms with E-state index in [4.69, 9.17) is 9.72 Å². The first-order valence-corrected chi connectivity index (χ1v) is 13.3. The molecule has 0 atom stereocenters. The predicted octanol–water partition coefficient (Wildman–Crippen LogP) is 6.74. The third-order valence-corrected chi connectivity index (χ3v) is 7.42. The normalized spacial score (nSPS) is 11.2. The van der Waals surface area contributed by atoms with Crippen molar-refractivity contribution < 1.29 is 13.9 Å². The largest absolute Gasteiger partial charge is 0.494 e. The van der Waals surface area contributed by atoms with E-state index in [-0.39, 0.29) is 17.5 Å². The van der Waals surface area contributed by atoms with E-state index in [1.54, 1.807) is 12.1 Å². The monoisotopic (exact) mass is 518 g/mol. The molecule has 0 saturated heterocycles. The number of nitrogens with one attached hydrogen (secondary N) is 1. The third kappa shape index (κ3) is 5.32. The van der Waals surface area contributed by atoms with Crippen LogP contribution in [-0.2, 0) is 11.2 Å². The Labute approximate surface area is 216 Å². The van der Waals surface area contributed by atoms with Gasteiger partial charge in [0.25, 0.3) is 0 Å². The maximum Gasteiger partial charge on any atom is 0.236 e. The number of hydrogen-bond acceptors (Lipinski definition) is 7. The van der Waals surface area contributed by atoms with Crippen molar-refractivity contribution in [3.8, 4) is 17.1 Å². The molecule has 0 fully saturated rings. The van der Waals surface area contributed by atoms with Crippen molar-refractivity contribution in [2.45, 2.75) is 25.3 Å². The standard InChI is InChI=1S/C27H23FN4O2S2/c1-3-16-5-11-21-20(13-16)26(32-25(29-21)17-6-8-18(28)9-7-17)35-15-24(33)31-27-30-22-12-10-19(34-4-2)14-23(22)36-27/h5-14H,3-4,15H2,1-2H3,(H,30,31,33). The molecule has 182 valence electrons. The van der Waals surface area contributed by atoms with Crippen LogP contribution in [0.2, 0.25) is 0 Å². The Bertz CT molecular complexity index is 1550. The zero-order valence-corrected chi connectivity index (χ0v) is 21.4. The van der Waals surface area contributed by atoms with Gasteiger partial charge in [0, 0.05) is 10.9 Å². The zero-order valence-electron chi connectivity index (χ0n) is 19.7. The van der Waals surface area contributed by atoms with Crippen LogP contribution < -0.4 is 10.1 Å². The molecular weight excluding hydrogens is 495 g/mol. The van der Waals surface area contributed by atoms with Crippen molar-refractivity contribution in [1.29, 1.82) is 0 Å². The van der Waals surface area contributed by atoms with Crippen LogP contribution in [-0.4, -0.2) is 33.2 Å². The van der Waals surface area contributed by atoms with E-state index in [9.17, 15) is 9.18 Å². The summed E-state index contributed by atoms with van der Waals surface area (Å²) in [5, 5.41) is 5.03. The lowest BCUT2D eigenvalue weighted by molar-refractivity contribution is -0.113. The third-order valence-electron chi connectivity index (χ3n) is 5.49. The number of benzene rings is 3. The summed E-state index contributed by atoms with van der Waals surface area (Å²) in [6.07, 6.45) is 0.878. The van der Waals surface area contributed by atoms with Crippen molar-refractivity contribution in [3.63, 3.8) is 0 Å². The summed E-state index contributed by atoms with van der Waals surface area (Å²) in [4.78, 5) is 26.7. The molecule has 0 bridgehead atoms. The molecule has 2 heterocycles. The Morgan fingerprint density at radius 1 is 1.00 bits per heavy atom. The summed E-state index contributed by atoms with van der Waals surface area (Å²) in [6.45, 7) is 4.61. The number of carbonyl (C=O) groups is 1. The number of fused-ring (bicyclic) bond motifs is 2. The molecule has 2 aromatic heterocycles. The molecule has 3 aromatic carbocycles. The zero-order chi connectivity index (χ0) is 25.1. The molecular formula is C27H23FN4O2S2. The van der Waals surface area contributed by atoms with Crippen molar-refractivity contribution in [2.24, 2.45) is 0 Å². The fourth-order valence-corrected chi connectivity index (χ4v) is 5.43. The number of thioether (sulfide) groups is 1. The Morgan fingerprint density at radius 3 is 2.58 bits per heavy atom. The second kappa shape index (κ2) is 10.6. The van der Waals surface area contributed by atoms with Crippen LogP contribution in [0.3, 0.4) is 0 Å². The average molecular weight is 519 g/mol. The minimum Gasteiger partial charge on any atom is -0.494 e. The van der Waals surface area contributed by atoms with Crippen molar-refractivity contribution in [1.82, 2.24) is 15.0 Å². The SMILES string of the molecule is CCOc1ccc2nc(NC(=O)CSc3nc(-c4ccc(F)cc4)nc4ccc(CC)cc34)sc2c1. The number of aromatic nitrogens is 3. The van der Waals surface area contributed by atoms with Crippen LogP contribution in [0.1, 0.15) is 19.4 Å². The van der Waals surface area contributed by atoms with Crippen LogP contribution in [0.25, 0.3) is 32.5 Å². The van der Waals surface area contributed by atoms with Gasteiger partial charge in [-0.15, -0.1) is 0 Å². The summed E-state index contributed by atoms with van der Waals surface area (Å²) >= 11 is 2.75. The molecule has 0 spiro atoms. The van der Waals surface area contributed by atoms with E-state index < -0.39 is 0 Å². The van der Waals surface area contributed by atoms with Gasteiger partial charge < -0.3 is 10.1 Å². The van der Waals surface area contributed by atoms with Gasteiger partial charge in [0.15, 0.2) is 11.0 Å². The van der Waals surface area contributed by atoms with E-state index in [2.05, 4.69) is 28.3 Å². The number of thiazole rings is 1. The van der Waals surface area contributed by atoms with Gasteiger partial charge in [0.1, 0.15) is 16.6 Å². The predicted molar refractivity (Wildman–Crippen MR) is 144 cm³/mol. The van der Waals surface area contributed by atoms with Crippen LogP contribution >= 0.6 is 23.1 Å². The quantitative estimate of drug-likeness (QED) is 0.181. The lowest BCUT2D eigenvalue weighted by Crippen LogP contribution is -2.14. The summed E-state index contributed by atoms with van der Waals surface area (Å²) in [5.74, 6) is 0.936. The van der Waals surface area contributed by atoms with Gasteiger partial charge >= 0.3 is 0 Å². The van der Waals surface area contributed by atoms with Gasteiger partial charge in [-0.2, -0.15) is 0 Å². The topological polar surface area (TPSA) is 77.0 Å². The van der Waals surface area contributed by atoms with E-state index >= 15 is 0 Å². The molecule has 0 radical (unpaired) electrons. The molecule has 1 amide bonds. The minimum absolute atomic E-state index is 0.158. The molecule has 6 nitrogen and oxygen atoms in total. The molecule has 36 heavy (non-hydrogen) atoms. The second-order valence-corrected chi connectivity index (χ2v) is 9.98. The number of anilines is 1. The number of hydrogen-bond donors (Lipinski definition) is 1. The molecule has 5 rings (SSSR count). The number of nitrogens with zero attached hydrogens (tertiary/aromatic N) is 3. The van der Waals surface area contributed by atoms with E-state index in [1.165, 1.54) is 35.2 Å². The van der Waals surface area contributed by atoms with Gasteiger partial charge in [-0.25, -0.2) is 19.3 Å². The lowest BCUT2D eigenvalue weighted by atomic mass is 10.1. The van der Waals surface area contributed by atoms with Gasteiger partial charge in [-0.1, -0.05) is 36.1 Å². The van der Waals surface area contributed by atoms with Crippen LogP contribution in [0, 0.1) is 5.82 Å². The van der Waals surface area contributed by atoms with Crippen molar-refractivity contribution >= 4 is 55.3 Å². The molecule has 0 aliphatic rings. The second-order valence-electron chi connectivity index (χ2n) is 7.98. The first-order chi connectivity index (χ1) is 17.5. The van der Waals surface area contributed by atoms with Crippen LogP contribution in [0.4, 0.5) is 9.52 Å². The average Bonchev–Trinajstić information content (AvgIpc) is 3.29. The lowest BCUT2D eigenvalue weighted by Gasteiger charge is -2.10. The number of ether oxygens (including phenoxy) is 1. The van der Waals surface area contributed by atoms with Crippen molar-refractivity contribution in [2.75, 3.05) is 17.7 Å². The Balaban J connectivity index is 1.38. The summed E-state index contributed by atoms with van der Waals surface area (Å²) in [7, 11) is 0. The maximum atomic E-state index is 13.4. The van der Waals surface area contributed by atoms with E-state index in [0.29, 0.717) is 28.2 Å². The van der Waals surface area contributed by atoms with Crippen molar-refractivity contribution in [3.05, 3.63) is 72.0 Å². The Morgan fingerprint density at radius 2 is 1.81 bits per heavy atom. The smallest absolute Gasteiger partial charge is 0.236 e. The number of aryl methyl sites for hydroxylation is 1. The maximum absolute atomic E-state index is 13.4. The van der Waals surface area contributed by atoms with Gasteiger partial charge in [-0.3, -0.25) is 4.79 Å². The highest BCUT2D eigenvalue weighted by Gasteiger charge is 2.14. The number of halogens is 1. The van der Waals surface area contributed by atoms with E-state index in [0.717, 1.165) is 38.9 Å². The van der Waals surface area contributed by atoms with Gasteiger partial charge in [0.2, 0.25) is 5.91 Å². The summed E-state index contributed by atoms with van der Waals surface area (Å²) in [5.41, 5.74) is 3.46. The molecule has 0 aliphatic heterocycles. The number of carbonyl (C=O) groups excluding carboxylic acids is 1. The Hall–Kier alpha value is -3.56. The Kier molecular flexibility index (Phi) is 7.11.